The highest BCUT2D eigenvalue weighted by atomic mass is 19.1. The van der Waals surface area contributed by atoms with Crippen molar-refractivity contribution in [3.05, 3.63) is 52.1 Å². The van der Waals surface area contributed by atoms with Gasteiger partial charge in [-0.1, -0.05) is 0 Å². The third-order valence-corrected chi connectivity index (χ3v) is 4.46. The fourth-order valence-corrected chi connectivity index (χ4v) is 3.18. The number of halogens is 1. The Labute approximate surface area is 140 Å². The zero-order valence-corrected chi connectivity index (χ0v) is 14.1. The number of H-pyrrole nitrogens is 1. The first-order valence-corrected chi connectivity index (χ1v) is 8.01. The van der Waals surface area contributed by atoms with Gasteiger partial charge >= 0.3 is 0 Å². The molecule has 1 amide bonds. The number of carbonyl (C=O) groups is 1. The molecule has 1 aromatic carbocycles. The first-order valence-electron chi connectivity index (χ1n) is 8.01. The fourth-order valence-electron chi connectivity index (χ4n) is 3.18. The average molecular weight is 328 g/mol. The van der Waals surface area contributed by atoms with Crippen molar-refractivity contribution < 1.29 is 13.9 Å². The largest absolute Gasteiger partial charge is 0.385 e. The van der Waals surface area contributed by atoms with Crippen LogP contribution >= 0.6 is 0 Å². The molecule has 4 nitrogen and oxygen atoms in total. The van der Waals surface area contributed by atoms with E-state index in [1.807, 2.05) is 19.9 Å². The van der Waals surface area contributed by atoms with Gasteiger partial charge in [0.05, 0.1) is 5.57 Å². The number of aromatic amines is 1. The summed E-state index contributed by atoms with van der Waals surface area (Å²) in [6.07, 6.45) is 3.67. The summed E-state index contributed by atoms with van der Waals surface area (Å²) in [5.74, 6) is -0.557. The molecule has 0 fully saturated rings. The van der Waals surface area contributed by atoms with Crippen molar-refractivity contribution in [3.8, 4) is 0 Å². The van der Waals surface area contributed by atoms with E-state index in [9.17, 15) is 9.18 Å². The maximum absolute atomic E-state index is 13.5. The molecule has 0 saturated carbocycles. The molecule has 1 aliphatic rings. The summed E-state index contributed by atoms with van der Waals surface area (Å²) in [7, 11) is 1.70. The number of fused-ring (bicyclic) bond motifs is 1. The maximum atomic E-state index is 13.5. The van der Waals surface area contributed by atoms with E-state index in [0.29, 0.717) is 16.8 Å². The van der Waals surface area contributed by atoms with E-state index >= 15 is 0 Å². The van der Waals surface area contributed by atoms with Crippen molar-refractivity contribution in [2.24, 2.45) is 0 Å². The van der Waals surface area contributed by atoms with Gasteiger partial charge in [0.15, 0.2) is 0 Å². The minimum absolute atomic E-state index is 0.205. The van der Waals surface area contributed by atoms with Crippen LogP contribution in [0, 0.1) is 19.7 Å². The number of methoxy groups -OCH3 is 1. The minimum Gasteiger partial charge on any atom is -0.385 e. The topological polar surface area (TPSA) is 54.1 Å². The predicted octanol–water partition coefficient (Wildman–Crippen LogP) is 3.84. The van der Waals surface area contributed by atoms with E-state index in [0.717, 1.165) is 36.4 Å². The molecule has 0 spiro atoms. The lowest BCUT2D eigenvalue weighted by atomic mass is 10.0. The Hall–Kier alpha value is -2.40. The van der Waals surface area contributed by atoms with Gasteiger partial charge in [0.2, 0.25) is 0 Å². The van der Waals surface area contributed by atoms with Crippen LogP contribution in [-0.2, 0) is 16.0 Å². The number of rotatable bonds is 5. The second-order valence-electron chi connectivity index (χ2n) is 6.07. The van der Waals surface area contributed by atoms with Gasteiger partial charge in [-0.25, -0.2) is 4.39 Å². The van der Waals surface area contributed by atoms with Crippen molar-refractivity contribution >= 4 is 23.2 Å². The standard InChI is InChI=1S/C19H21FN2O2/c1-11-14(5-4-8-24-3)12(2)21-18(11)10-16-15-9-13(20)6-7-17(15)22-19(16)23/h6-7,9-10,21H,4-5,8H2,1-3H3,(H,22,23)/b16-10-. The number of benzene rings is 1. The summed E-state index contributed by atoms with van der Waals surface area (Å²) in [6.45, 7) is 4.78. The summed E-state index contributed by atoms with van der Waals surface area (Å²) in [5.41, 5.74) is 6.08. The summed E-state index contributed by atoms with van der Waals surface area (Å²) in [6, 6.07) is 4.33. The SMILES string of the molecule is COCCCc1c(C)[nH]c(/C=C2\C(=O)Nc3ccc(F)cc32)c1C. The summed E-state index contributed by atoms with van der Waals surface area (Å²) < 4.78 is 18.6. The van der Waals surface area contributed by atoms with E-state index in [4.69, 9.17) is 4.74 Å². The molecule has 0 bridgehead atoms. The van der Waals surface area contributed by atoms with E-state index in [-0.39, 0.29) is 11.7 Å². The molecule has 2 heterocycles. The van der Waals surface area contributed by atoms with Gasteiger partial charge in [0, 0.05) is 36.4 Å². The first kappa shape index (κ1) is 16.5. The zero-order valence-electron chi connectivity index (χ0n) is 14.1. The lowest BCUT2D eigenvalue weighted by molar-refractivity contribution is -0.110. The number of nitrogens with one attached hydrogen (secondary N) is 2. The van der Waals surface area contributed by atoms with E-state index < -0.39 is 0 Å². The third kappa shape index (κ3) is 2.99. The number of aromatic nitrogens is 1. The number of anilines is 1. The smallest absolute Gasteiger partial charge is 0.256 e. The van der Waals surface area contributed by atoms with E-state index in [1.54, 1.807) is 13.2 Å². The third-order valence-electron chi connectivity index (χ3n) is 4.46. The molecule has 24 heavy (non-hydrogen) atoms. The molecule has 0 unspecified atom stereocenters. The highest BCUT2D eigenvalue weighted by Gasteiger charge is 2.25. The number of amides is 1. The van der Waals surface area contributed by atoms with E-state index in [1.165, 1.54) is 17.7 Å². The van der Waals surface area contributed by atoms with Gasteiger partial charge in [-0.15, -0.1) is 0 Å². The molecule has 1 aliphatic heterocycles. The fraction of sp³-hybridized carbons (Fsp3) is 0.316. The molecule has 2 N–H and O–H groups in total. The highest BCUT2D eigenvalue weighted by Crippen LogP contribution is 2.34. The lowest BCUT2D eigenvalue weighted by Crippen LogP contribution is -2.03. The molecule has 0 radical (unpaired) electrons. The number of hydrogen-bond donors (Lipinski definition) is 2. The number of carbonyl (C=O) groups excluding carboxylic acids is 1. The molecule has 3 rings (SSSR count). The number of hydrogen-bond acceptors (Lipinski definition) is 2. The molecule has 1 aromatic heterocycles. The van der Waals surface area contributed by atoms with Gasteiger partial charge in [-0.2, -0.15) is 0 Å². The Morgan fingerprint density at radius 2 is 2.08 bits per heavy atom. The van der Waals surface area contributed by atoms with Gasteiger partial charge in [0.25, 0.3) is 5.91 Å². The van der Waals surface area contributed by atoms with Crippen LogP contribution in [-0.4, -0.2) is 24.6 Å². The molecule has 2 aromatic rings. The van der Waals surface area contributed by atoms with Gasteiger partial charge < -0.3 is 15.0 Å². The van der Waals surface area contributed by atoms with Crippen LogP contribution in [0.25, 0.3) is 11.6 Å². The van der Waals surface area contributed by atoms with Crippen molar-refractivity contribution in [1.29, 1.82) is 0 Å². The van der Waals surface area contributed by atoms with E-state index in [2.05, 4.69) is 10.3 Å². The van der Waals surface area contributed by atoms with Crippen molar-refractivity contribution in [1.82, 2.24) is 4.98 Å². The summed E-state index contributed by atoms with van der Waals surface area (Å²) in [5, 5.41) is 2.77. The molecule has 0 aliphatic carbocycles. The van der Waals surface area contributed by atoms with Crippen LogP contribution in [0.1, 0.15) is 34.5 Å². The molecule has 126 valence electrons. The summed E-state index contributed by atoms with van der Waals surface area (Å²) >= 11 is 0. The Morgan fingerprint density at radius 3 is 2.83 bits per heavy atom. The Kier molecular flexibility index (Phi) is 4.53. The maximum Gasteiger partial charge on any atom is 0.256 e. The van der Waals surface area contributed by atoms with Crippen LogP contribution in [0.5, 0.6) is 0 Å². The number of ether oxygens (including phenoxy) is 1. The van der Waals surface area contributed by atoms with Gasteiger partial charge in [-0.05, 0) is 62.1 Å². The zero-order chi connectivity index (χ0) is 17.3. The molecule has 0 atom stereocenters. The van der Waals surface area contributed by atoms with Gasteiger partial charge in [-0.3, -0.25) is 4.79 Å². The van der Waals surface area contributed by atoms with Crippen LogP contribution in [0.15, 0.2) is 18.2 Å². The molecular formula is C19H21FN2O2. The highest BCUT2D eigenvalue weighted by molar-refractivity contribution is 6.34. The second-order valence-corrected chi connectivity index (χ2v) is 6.07. The molecule has 0 saturated heterocycles. The van der Waals surface area contributed by atoms with Crippen LogP contribution in [0.4, 0.5) is 10.1 Å². The normalized spacial score (nSPS) is 15.0. The minimum atomic E-state index is -0.351. The molecule has 5 heteroatoms. The van der Waals surface area contributed by atoms with Crippen molar-refractivity contribution in [3.63, 3.8) is 0 Å². The van der Waals surface area contributed by atoms with Crippen molar-refractivity contribution in [2.45, 2.75) is 26.7 Å². The van der Waals surface area contributed by atoms with Crippen LogP contribution < -0.4 is 5.32 Å². The van der Waals surface area contributed by atoms with Crippen molar-refractivity contribution in [2.75, 3.05) is 19.0 Å². The number of aryl methyl sites for hydroxylation is 1. The monoisotopic (exact) mass is 328 g/mol. The lowest BCUT2D eigenvalue weighted by Gasteiger charge is -2.02. The predicted molar refractivity (Wildman–Crippen MR) is 93.4 cm³/mol. The van der Waals surface area contributed by atoms with Crippen LogP contribution in [0.2, 0.25) is 0 Å². The first-order chi connectivity index (χ1) is 11.5. The Morgan fingerprint density at radius 1 is 1.29 bits per heavy atom. The Balaban J connectivity index is 1.96. The van der Waals surface area contributed by atoms with Gasteiger partial charge in [0.1, 0.15) is 5.82 Å². The Bertz CT molecular complexity index is 821. The van der Waals surface area contributed by atoms with Crippen LogP contribution in [0.3, 0.4) is 0 Å². The molecular weight excluding hydrogens is 307 g/mol. The summed E-state index contributed by atoms with van der Waals surface area (Å²) in [4.78, 5) is 15.6. The average Bonchev–Trinajstić information content (AvgIpc) is 2.99. The quantitative estimate of drug-likeness (QED) is 0.647. The second kappa shape index (κ2) is 6.61.